The van der Waals surface area contributed by atoms with Crippen molar-refractivity contribution in [3.05, 3.63) is 133 Å². The fraction of sp³-hybridized carbons (Fsp3) is 0.0556. The van der Waals surface area contributed by atoms with Crippen LogP contribution in [0.4, 0.5) is 0 Å². The quantitative estimate of drug-likeness (QED) is 0.220. The van der Waals surface area contributed by atoms with Gasteiger partial charge in [0, 0.05) is 38.7 Å². The van der Waals surface area contributed by atoms with Gasteiger partial charge < -0.3 is 0 Å². The van der Waals surface area contributed by atoms with Gasteiger partial charge in [-0.1, -0.05) is 97.1 Å². The Hall–Kier alpha value is -5.22. The van der Waals surface area contributed by atoms with Crippen LogP contribution in [0.15, 0.2) is 121 Å². The Kier molecular flexibility index (Phi) is 5.86. The van der Waals surface area contributed by atoms with Crippen LogP contribution in [0, 0.1) is 13.8 Å². The van der Waals surface area contributed by atoms with Gasteiger partial charge in [0.15, 0.2) is 5.82 Å². The molecule has 0 fully saturated rings. The van der Waals surface area contributed by atoms with E-state index < -0.39 is 0 Å². The smallest absolute Gasteiger partial charge is 0.160 e. The first-order valence-corrected chi connectivity index (χ1v) is 13.4. The number of fused-ring (bicyclic) bond motifs is 3. The van der Waals surface area contributed by atoms with Crippen LogP contribution in [0.1, 0.15) is 11.3 Å². The molecule has 7 aromatic rings. The Balaban J connectivity index is 1.39. The summed E-state index contributed by atoms with van der Waals surface area (Å²) >= 11 is 0. The molecule has 0 amide bonds. The summed E-state index contributed by atoms with van der Waals surface area (Å²) in [6, 6.07) is 41.5. The van der Waals surface area contributed by atoms with Crippen molar-refractivity contribution in [3.8, 4) is 45.2 Å². The van der Waals surface area contributed by atoms with Crippen LogP contribution >= 0.6 is 0 Å². The minimum atomic E-state index is 0.704. The van der Waals surface area contributed by atoms with E-state index in [1.807, 2.05) is 61.5 Å². The van der Waals surface area contributed by atoms with E-state index in [1.54, 1.807) is 0 Å². The van der Waals surface area contributed by atoms with E-state index in [2.05, 4.69) is 73.7 Å². The third-order valence-corrected chi connectivity index (χ3v) is 7.27. The first-order chi connectivity index (χ1) is 19.6. The molecular weight excluding hydrogens is 488 g/mol. The maximum absolute atomic E-state index is 5.15. The van der Waals surface area contributed by atoms with Crippen LogP contribution in [-0.2, 0) is 0 Å². The van der Waals surface area contributed by atoms with Crippen molar-refractivity contribution in [1.29, 1.82) is 0 Å². The molecule has 0 bridgehead atoms. The van der Waals surface area contributed by atoms with Gasteiger partial charge in [-0.15, -0.1) is 0 Å². The Morgan fingerprint density at radius 3 is 1.75 bits per heavy atom. The lowest BCUT2D eigenvalue weighted by Crippen LogP contribution is -1.96. The van der Waals surface area contributed by atoms with E-state index in [1.165, 1.54) is 5.56 Å². The minimum Gasteiger partial charge on any atom is -0.251 e. The number of pyridine rings is 2. The SMILES string of the molecule is Cc1ccc2ccc3c(C)cc(-c4cccc(-c5cc(-c6ccccc6)nc(-c6ccccc6)n5)c4)nc3c2n1. The van der Waals surface area contributed by atoms with Crippen LogP contribution in [0.5, 0.6) is 0 Å². The molecule has 4 heteroatoms. The van der Waals surface area contributed by atoms with E-state index in [0.29, 0.717) is 5.82 Å². The van der Waals surface area contributed by atoms with Crippen molar-refractivity contribution in [2.45, 2.75) is 13.8 Å². The lowest BCUT2D eigenvalue weighted by molar-refractivity contribution is 1.18. The van der Waals surface area contributed by atoms with E-state index in [4.69, 9.17) is 19.9 Å². The Labute approximate surface area is 233 Å². The maximum Gasteiger partial charge on any atom is 0.160 e. The van der Waals surface area contributed by atoms with Gasteiger partial charge in [0.1, 0.15) is 0 Å². The average molecular weight is 515 g/mol. The lowest BCUT2D eigenvalue weighted by Gasteiger charge is -2.12. The van der Waals surface area contributed by atoms with Gasteiger partial charge in [-0.05, 0) is 43.7 Å². The standard InChI is InChI=1S/C36H26N4/c1-23-20-31(38-35-30(23)19-18-26-17-16-24(2)37-34(26)35)28-14-9-15-29(21-28)33-22-32(25-10-5-3-6-11-25)39-36(40-33)27-12-7-4-8-13-27/h3-22H,1-2H3. The van der Waals surface area contributed by atoms with Gasteiger partial charge in [-0.2, -0.15) is 0 Å². The lowest BCUT2D eigenvalue weighted by atomic mass is 10.0. The summed E-state index contributed by atoms with van der Waals surface area (Å²) in [7, 11) is 0. The largest absolute Gasteiger partial charge is 0.251 e. The second-order valence-corrected chi connectivity index (χ2v) is 10.1. The molecule has 7 rings (SSSR count). The van der Waals surface area contributed by atoms with Crippen LogP contribution in [0.25, 0.3) is 67.0 Å². The molecule has 0 saturated carbocycles. The summed E-state index contributed by atoms with van der Waals surface area (Å²) in [6.07, 6.45) is 0. The van der Waals surface area contributed by atoms with Crippen molar-refractivity contribution in [1.82, 2.24) is 19.9 Å². The van der Waals surface area contributed by atoms with E-state index >= 15 is 0 Å². The normalized spacial score (nSPS) is 11.2. The van der Waals surface area contributed by atoms with Crippen LogP contribution in [0.2, 0.25) is 0 Å². The number of hydrogen-bond acceptors (Lipinski definition) is 4. The molecule has 0 aliphatic heterocycles. The van der Waals surface area contributed by atoms with Crippen LogP contribution in [0.3, 0.4) is 0 Å². The van der Waals surface area contributed by atoms with Crippen LogP contribution < -0.4 is 0 Å². The molecular formula is C36H26N4. The van der Waals surface area contributed by atoms with E-state index in [9.17, 15) is 0 Å². The van der Waals surface area contributed by atoms with Crippen molar-refractivity contribution in [3.63, 3.8) is 0 Å². The molecule has 0 radical (unpaired) electrons. The van der Waals surface area contributed by atoms with Gasteiger partial charge in [-0.25, -0.2) is 15.0 Å². The van der Waals surface area contributed by atoms with Gasteiger partial charge in [0.25, 0.3) is 0 Å². The second-order valence-electron chi connectivity index (χ2n) is 10.1. The summed E-state index contributed by atoms with van der Waals surface area (Å²) in [4.78, 5) is 19.9. The number of aryl methyl sites for hydroxylation is 2. The second kappa shape index (κ2) is 9.83. The molecule has 0 saturated heterocycles. The molecule has 0 N–H and O–H groups in total. The molecule has 4 aromatic carbocycles. The highest BCUT2D eigenvalue weighted by Crippen LogP contribution is 2.32. The monoisotopic (exact) mass is 514 g/mol. The molecule has 40 heavy (non-hydrogen) atoms. The summed E-state index contributed by atoms with van der Waals surface area (Å²) in [5, 5.41) is 2.22. The summed E-state index contributed by atoms with van der Waals surface area (Å²) in [5.41, 5.74) is 10.8. The van der Waals surface area contributed by atoms with Crippen molar-refractivity contribution >= 4 is 21.8 Å². The molecule has 0 unspecified atom stereocenters. The van der Waals surface area contributed by atoms with Crippen LogP contribution in [-0.4, -0.2) is 19.9 Å². The number of rotatable bonds is 4. The highest BCUT2D eigenvalue weighted by atomic mass is 14.9. The van der Waals surface area contributed by atoms with Gasteiger partial charge in [-0.3, -0.25) is 4.98 Å². The number of hydrogen-bond donors (Lipinski definition) is 0. The maximum atomic E-state index is 5.15. The summed E-state index contributed by atoms with van der Waals surface area (Å²) < 4.78 is 0. The van der Waals surface area contributed by atoms with E-state index in [0.717, 1.165) is 66.8 Å². The zero-order chi connectivity index (χ0) is 27.1. The fourth-order valence-electron chi connectivity index (χ4n) is 5.19. The van der Waals surface area contributed by atoms with Crippen molar-refractivity contribution in [2.24, 2.45) is 0 Å². The first kappa shape index (κ1) is 23.9. The third kappa shape index (κ3) is 4.40. The molecule has 0 spiro atoms. The highest BCUT2D eigenvalue weighted by Gasteiger charge is 2.13. The van der Waals surface area contributed by atoms with E-state index in [-0.39, 0.29) is 0 Å². The fourth-order valence-corrected chi connectivity index (χ4v) is 5.19. The van der Waals surface area contributed by atoms with Gasteiger partial charge >= 0.3 is 0 Å². The molecule has 0 aliphatic carbocycles. The predicted octanol–water partition coefficient (Wildman–Crippen LogP) is 8.86. The summed E-state index contributed by atoms with van der Waals surface area (Å²) in [5.74, 6) is 0.704. The summed E-state index contributed by atoms with van der Waals surface area (Å²) in [6.45, 7) is 4.16. The number of aromatic nitrogens is 4. The third-order valence-electron chi connectivity index (χ3n) is 7.27. The Morgan fingerprint density at radius 2 is 1.02 bits per heavy atom. The molecule has 4 nitrogen and oxygen atoms in total. The molecule has 3 aromatic heterocycles. The zero-order valence-corrected chi connectivity index (χ0v) is 22.3. The number of benzene rings is 4. The van der Waals surface area contributed by atoms with Gasteiger partial charge in [0.2, 0.25) is 0 Å². The zero-order valence-electron chi connectivity index (χ0n) is 22.3. The van der Waals surface area contributed by atoms with Crippen molar-refractivity contribution < 1.29 is 0 Å². The number of nitrogens with zero attached hydrogens (tertiary/aromatic N) is 4. The topological polar surface area (TPSA) is 51.6 Å². The first-order valence-electron chi connectivity index (χ1n) is 13.4. The highest BCUT2D eigenvalue weighted by molar-refractivity contribution is 6.04. The predicted molar refractivity (Wildman–Crippen MR) is 164 cm³/mol. The average Bonchev–Trinajstić information content (AvgIpc) is 3.01. The Morgan fingerprint density at radius 1 is 0.425 bits per heavy atom. The minimum absolute atomic E-state index is 0.704. The van der Waals surface area contributed by atoms with Crippen molar-refractivity contribution in [2.75, 3.05) is 0 Å². The molecule has 3 heterocycles. The molecule has 0 aliphatic rings. The Bertz CT molecular complexity index is 1960. The molecule has 0 atom stereocenters. The molecule has 190 valence electrons. The van der Waals surface area contributed by atoms with Gasteiger partial charge in [0.05, 0.1) is 28.1 Å².